The number of para-hydroxylation sites is 1. The first-order chi connectivity index (χ1) is 16.4. The van der Waals surface area contributed by atoms with Gasteiger partial charge in [0.15, 0.2) is 17.8 Å². The average Bonchev–Trinajstić information content (AvgIpc) is 3.21. The molecule has 1 unspecified atom stereocenters. The van der Waals surface area contributed by atoms with Gasteiger partial charge in [-0.15, -0.1) is 0 Å². The Labute approximate surface area is 189 Å². The van der Waals surface area contributed by atoms with Gasteiger partial charge in [0.2, 0.25) is 0 Å². The van der Waals surface area contributed by atoms with E-state index in [2.05, 4.69) is 20.1 Å². The standard InChI is InChI=1S/C23H15F4N7/c24-14-6-3-5-13(18(14)26)19(27)20-12-4-1-2-7-16(12)34(33-20)23-31-21(28)17(22(29)32-23)11-8-9-30-10-15(11)25/h1-10,19H,(H4,28,29,31,32). The normalized spacial score (nSPS) is 12.2. The zero-order valence-electron chi connectivity index (χ0n) is 17.3. The van der Waals surface area contributed by atoms with Crippen LogP contribution in [0.1, 0.15) is 17.4 Å². The van der Waals surface area contributed by atoms with Crippen LogP contribution in [-0.2, 0) is 0 Å². The number of rotatable bonds is 4. The lowest BCUT2D eigenvalue weighted by atomic mass is 10.0. The third kappa shape index (κ3) is 3.38. The molecule has 11 heteroatoms. The second kappa shape index (κ2) is 8.10. The summed E-state index contributed by atoms with van der Waals surface area (Å²) in [6.45, 7) is 0. The van der Waals surface area contributed by atoms with E-state index >= 15 is 4.39 Å². The molecule has 7 nitrogen and oxygen atoms in total. The monoisotopic (exact) mass is 465 g/mol. The lowest BCUT2D eigenvalue weighted by Gasteiger charge is -2.11. The third-order valence-corrected chi connectivity index (χ3v) is 5.29. The maximum absolute atomic E-state index is 15.4. The number of halogens is 4. The molecule has 4 N–H and O–H groups in total. The highest BCUT2D eigenvalue weighted by molar-refractivity contribution is 5.85. The minimum Gasteiger partial charge on any atom is -0.383 e. The molecule has 1 atom stereocenters. The summed E-state index contributed by atoms with van der Waals surface area (Å²) in [6, 6.07) is 11.1. The molecule has 2 aromatic carbocycles. The molecule has 0 saturated heterocycles. The summed E-state index contributed by atoms with van der Waals surface area (Å²) >= 11 is 0. The van der Waals surface area contributed by atoms with E-state index in [-0.39, 0.29) is 34.4 Å². The summed E-state index contributed by atoms with van der Waals surface area (Å²) in [7, 11) is 0. The molecule has 170 valence electrons. The molecule has 0 fully saturated rings. The Morgan fingerprint density at radius 1 is 0.853 bits per heavy atom. The Morgan fingerprint density at radius 2 is 1.59 bits per heavy atom. The molecule has 0 bridgehead atoms. The van der Waals surface area contributed by atoms with Gasteiger partial charge in [0.05, 0.1) is 17.3 Å². The predicted octanol–water partition coefficient (Wildman–Crippen LogP) is 4.52. The van der Waals surface area contributed by atoms with Crippen molar-refractivity contribution in [2.24, 2.45) is 0 Å². The fourth-order valence-electron chi connectivity index (χ4n) is 3.73. The van der Waals surface area contributed by atoms with Gasteiger partial charge in [-0.3, -0.25) is 4.98 Å². The summed E-state index contributed by atoms with van der Waals surface area (Å²) in [4.78, 5) is 12.1. The molecule has 0 spiro atoms. The molecule has 0 amide bonds. The number of hydrogen-bond donors (Lipinski definition) is 2. The summed E-state index contributed by atoms with van der Waals surface area (Å²) in [5.41, 5.74) is 12.0. The van der Waals surface area contributed by atoms with Crippen LogP contribution in [0.5, 0.6) is 0 Å². The molecular formula is C23H15F4N7. The van der Waals surface area contributed by atoms with Crippen LogP contribution in [0.25, 0.3) is 28.0 Å². The smallest absolute Gasteiger partial charge is 0.255 e. The Morgan fingerprint density at radius 3 is 2.32 bits per heavy atom. The van der Waals surface area contributed by atoms with Crippen molar-refractivity contribution in [2.75, 3.05) is 11.5 Å². The average molecular weight is 465 g/mol. The van der Waals surface area contributed by atoms with Crippen LogP contribution in [0, 0.1) is 17.5 Å². The van der Waals surface area contributed by atoms with Gasteiger partial charge in [-0.05, 0) is 18.2 Å². The quantitative estimate of drug-likeness (QED) is 0.378. The van der Waals surface area contributed by atoms with Gasteiger partial charge in [0.1, 0.15) is 23.1 Å². The first-order valence-electron chi connectivity index (χ1n) is 9.95. The van der Waals surface area contributed by atoms with Crippen molar-refractivity contribution in [3.05, 3.63) is 89.6 Å². The van der Waals surface area contributed by atoms with E-state index in [1.165, 1.54) is 23.0 Å². The summed E-state index contributed by atoms with van der Waals surface area (Å²) in [5.74, 6) is -3.53. The first kappa shape index (κ1) is 21.3. The van der Waals surface area contributed by atoms with Gasteiger partial charge in [0.25, 0.3) is 5.95 Å². The first-order valence-corrected chi connectivity index (χ1v) is 9.95. The summed E-state index contributed by atoms with van der Waals surface area (Å²) in [5, 5.41) is 4.56. The number of benzene rings is 2. The van der Waals surface area contributed by atoms with E-state index < -0.39 is 29.2 Å². The van der Waals surface area contributed by atoms with E-state index in [1.807, 2.05) is 0 Å². The molecule has 0 aliphatic heterocycles. The number of anilines is 2. The van der Waals surface area contributed by atoms with Gasteiger partial charge >= 0.3 is 0 Å². The predicted molar refractivity (Wildman–Crippen MR) is 118 cm³/mol. The molecule has 3 heterocycles. The van der Waals surface area contributed by atoms with Crippen LogP contribution in [0.4, 0.5) is 29.2 Å². The van der Waals surface area contributed by atoms with Crippen molar-refractivity contribution in [1.82, 2.24) is 24.7 Å². The number of pyridine rings is 1. The second-order valence-corrected chi connectivity index (χ2v) is 7.34. The zero-order valence-corrected chi connectivity index (χ0v) is 17.3. The Hall–Kier alpha value is -4.54. The topological polar surface area (TPSA) is 109 Å². The van der Waals surface area contributed by atoms with E-state index in [9.17, 15) is 13.2 Å². The van der Waals surface area contributed by atoms with E-state index in [4.69, 9.17) is 11.5 Å². The fraction of sp³-hybridized carbons (Fsp3) is 0.0435. The number of nitrogens with zero attached hydrogens (tertiary/aromatic N) is 5. The molecular weight excluding hydrogens is 450 g/mol. The molecule has 5 aromatic rings. The molecule has 0 saturated carbocycles. The maximum atomic E-state index is 15.4. The maximum Gasteiger partial charge on any atom is 0.255 e. The minimum absolute atomic E-state index is 0.0629. The van der Waals surface area contributed by atoms with Crippen molar-refractivity contribution < 1.29 is 17.6 Å². The van der Waals surface area contributed by atoms with Crippen molar-refractivity contribution in [3.8, 4) is 17.1 Å². The Bertz CT molecular complexity index is 1530. The van der Waals surface area contributed by atoms with Crippen LogP contribution in [-0.4, -0.2) is 24.7 Å². The largest absolute Gasteiger partial charge is 0.383 e. The SMILES string of the molecule is Nc1nc(-n2nc(C(F)c3cccc(F)c3F)c3ccccc32)nc(N)c1-c1ccncc1F. The highest BCUT2D eigenvalue weighted by Crippen LogP contribution is 2.35. The fourth-order valence-corrected chi connectivity index (χ4v) is 3.73. The van der Waals surface area contributed by atoms with Crippen molar-refractivity contribution >= 4 is 22.5 Å². The number of fused-ring (bicyclic) bond motifs is 1. The van der Waals surface area contributed by atoms with Gasteiger partial charge in [0, 0.05) is 22.7 Å². The summed E-state index contributed by atoms with van der Waals surface area (Å²) in [6.07, 6.45) is 0.287. The van der Waals surface area contributed by atoms with Crippen molar-refractivity contribution in [3.63, 3.8) is 0 Å². The number of aromatic nitrogens is 5. The number of alkyl halides is 1. The van der Waals surface area contributed by atoms with Crippen molar-refractivity contribution in [1.29, 1.82) is 0 Å². The minimum atomic E-state index is -2.08. The van der Waals surface area contributed by atoms with Gasteiger partial charge < -0.3 is 11.5 Å². The molecule has 5 rings (SSSR count). The third-order valence-electron chi connectivity index (χ3n) is 5.29. The van der Waals surface area contributed by atoms with E-state index in [0.717, 1.165) is 18.3 Å². The van der Waals surface area contributed by atoms with Crippen molar-refractivity contribution in [2.45, 2.75) is 6.17 Å². The van der Waals surface area contributed by atoms with Gasteiger partial charge in [-0.2, -0.15) is 19.7 Å². The number of hydrogen-bond acceptors (Lipinski definition) is 6. The molecule has 0 radical (unpaired) electrons. The van der Waals surface area contributed by atoms with E-state index in [0.29, 0.717) is 10.9 Å². The molecule has 34 heavy (non-hydrogen) atoms. The Balaban J connectivity index is 1.68. The van der Waals surface area contributed by atoms with Crippen LogP contribution < -0.4 is 11.5 Å². The van der Waals surface area contributed by atoms with Gasteiger partial charge in [-0.25, -0.2) is 17.6 Å². The highest BCUT2D eigenvalue weighted by atomic mass is 19.2. The van der Waals surface area contributed by atoms with Crippen LogP contribution in [0.2, 0.25) is 0 Å². The summed E-state index contributed by atoms with van der Waals surface area (Å²) < 4.78 is 58.8. The zero-order chi connectivity index (χ0) is 24.0. The van der Waals surface area contributed by atoms with Crippen LogP contribution in [0.3, 0.4) is 0 Å². The second-order valence-electron chi connectivity index (χ2n) is 7.34. The van der Waals surface area contributed by atoms with Crippen LogP contribution in [0.15, 0.2) is 60.9 Å². The molecule has 3 aromatic heterocycles. The number of nitrogens with two attached hydrogens (primary N) is 2. The Kier molecular flexibility index (Phi) is 5.08. The lowest BCUT2D eigenvalue weighted by molar-refractivity contribution is 0.371. The van der Waals surface area contributed by atoms with E-state index in [1.54, 1.807) is 24.3 Å². The molecule has 0 aliphatic rings. The molecule has 0 aliphatic carbocycles. The van der Waals surface area contributed by atoms with Gasteiger partial charge in [-0.1, -0.05) is 30.3 Å². The highest BCUT2D eigenvalue weighted by Gasteiger charge is 2.26. The van der Waals surface area contributed by atoms with Crippen LogP contribution >= 0.6 is 0 Å². The number of nitrogen functional groups attached to an aromatic ring is 2. The lowest BCUT2D eigenvalue weighted by Crippen LogP contribution is -2.11.